The van der Waals surface area contributed by atoms with Gasteiger partial charge in [-0.05, 0) is 12.1 Å². The van der Waals surface area contributed by atoms with E-state index >= 15 is 0 Å². The van der Waals surface area contributed by atoms with Crippen LogP contribution < -0.4 is 5.32 Å². The van der Waals surface area contributed by atoms with E-state index in [1.165, 1.54) is 11.0 Å². The molecule has 3 N–H and O–H groups in total. The summed E-state index contributed by atoms with van der Waals surface area (Å²) in [6, 6.07) is 9.19. The molecular formula is C12H14N4O3. The Balaban J connectivity index is 2.03. The number of nitrogens with one attached hydrogen (secondary N) is 1. The van der Waals surface area contributed by atoms with Gasteiger partial charge >= 0.3 is 0 Å². The number of hydrogen-bond acceptors (Lipinski definition) is 5. The van der Waals surface area contributed by atoms with E-state index in [0.29, 0.717) is 0 Å². The zero-order valence-corrected chi connectivity index (χ0v) is 10.1. The zero-order chi connectivity index (χ0) is 13.7. The van der Waals surface area contributed by atoms with Crippen LogP contribution in [0.25, 0.3) is 5.69 Å². The number of carbonyl (C=O) groups is 1. The molecule has 1 unspecified atom stereocenters. The molecule has 0 spiro atoms. The van der Waals surface area contributed by atoms with Crippen LogP contribution in [-0.4, -0.2) is 50.4 Å². The maximum atomic E-state index is 11.7. The number of amides is 1. The lowest BCUT2D eigenvalue weighted by atomic mass is 10.3. The highest BCUT2D eigenvalue weighted by Gasteiger charge is 2.12. The van der Waals surface area contributed by atoms with Gasteiger partial charge in [-0.2, -0.15) is 9.90 Å². The van der Waals surface area contributed by atoms with Crippen LogP contribution in [0.15, 0.2) is 36.5 Å². The topological polar surface area (TPSA) is 100 Å². The molecule has 19 heavy (non-hydrogen) atoms. The first-order valence-corrected chi connectivity index (χ1v) is 5.75. The predicted octanol–water partition coefficient (Wildman–Crippen LogP) is -0.650. The molecule has 2 rings (SSSR count). The number of rotatable bonds is 5. The first-order chi connectivity index (χ1) is 9.20. The molecule has 0 aliphatic heterocycles. The summed E-state index contributed by atoms with van der Waals surface area (Å²) in [5.41, 5.74) is 0.894. The van der Waals surface area contributed by atoms with Gasteiger partial charge in [0.05, 0.1) is 24.6 Å². The number of benzene rings is 1. The van der Waals surface area contributed by atoms with Crippen LogP contribution in [0.4, 0.5) is 0 Å². The minimum atomic E-state index is -0.979. The summed E-state index contributed by atoms with van der Waals surface area (Å²) < 4.78 is 0. The number of aliphatic hydroxyl groups is 2. The molecule has 0 saturated heterocycles. The van der Waals surface area contributed by atoms with Crippen LogP contribution in [0.2, 0.25) is 0 Å². The van der Waals surface area contributed by atoms with Gasteiger partial charge in [-0.15, -0.1) is 5.10 Å². The van der Waals surface area contributed by atoms with Crippen LogP contribution in [0.5, 0.6) is 0 Å². The standard InChI is InChI=1S/C12H14N4O3/c17-8-10(18)6-13-12(19)11-7-14-16(15-11)9-4-2-1-3-5-9/h1-5,7,10,17-18H,6,8H2,(H,13,19). The van der Waals surface area contributed by atoms with Crippen LogP contribution >= 0.6 is 0 Å². The van der Waals surface area contributed by atoms with Gasteiger partial charge in [-0.1, -0.05) is 18.2 Å². The van der Waals surface area contributed by atoms with Crippen LogP contribution in [-0.2, 0) is 0 Å². The molecule has 100 valence electrons. The smallest absolute Gasteiger partial charge is 0.273 e. The van der Waals surface area contributed by atoms with Crippen molar-refractivity contribution in [1.29, 1.82) is 0 Å². The van der Waals surface area contributed by atoms with Crippen molar-refractivity contribution >= 4 is 5.91 Å². The number of aromatic nitrogens is 3. The molecule has 0 saturated carbocycles. The molecule has 7 nitrogen and oxygen atoms in total. The number of nitrogens with zero attached hydrogens (tertiary/aromatic N) is 3. The molecule has 0 radical (unpaired) electrons. The van der Waals surface area contributed by atoms with Gasteiger partial charge in [0.25, 0.3) is 5.91 Å². The third kappa shape index (κ3) is 3.36. The van der Waals surface area contributed by atoms with E-state index < -0.39 is 18.6 Å². The second-order valence-electron chi connectivity index (χ2n) is 3.90. The van der Waals surface area contributed by atoms with Gasteiger partial charge in [0.2, 0.25) is 0 Å². The fourth-order valence-electron chi connectivity index (χ4n) is 1.42. The van der Waals surface area contributed by atoms with E-state index in [2.05, 4.69) is 15.5 Å². The summed E-state index contributed by atoms with van der Waals surface area (Å²) >= 11 is 0. The van der Waals surface area contributed by atoms with E-state index in [0.717, 1.165) is 5.69 Å². The molecule has 1 atom stereocenters. The first-order valence-electron chi connectivity index (χ1n) is 5.75. The van der Waals surface area contributed by atoms with Crippen LogP contribution in [0.1, 0.15) is 10.5 Å². The molecule has 7 heteroatoms. The summed E-state index contributed by atoms with van der Waals surface area (Å²) in [6.07, 6.45) is 0.362. The van der Waals surface area contributed by atoms with Crippen molar-refractivity contribution < 1.29 is 15.0 Å². The Bertz CT molecular complexity index is 541. The minimum Gasteiger partial charge on any atom is -0.394 e. The van der Waals surface area contributed by atoms with Gasteiger partial charge in [-0.25, -0.2) is 0 Å². The van der Waals surface area contributed by atoms with Gasteiger partial charge in [0.15, 0.2) is 5.69 Å². The van der Waals surface area contributed by atoms with Crippen molar-refractivity contribution in [3.8, 4) is 5.69 Å². The highest BCUT2D eigenvalue weighted by molar-refractivity contribution is 5.91. The number of aliphatic hydroxyl groups excluding tert-OH is 2. The molecular weight excluding hydrogens is 248 g/mol. The van der Waals surface area contributed by atoms with E-state index in [4.69, 9.17) is 10.2 Å². The fourth-order valence-corrected chi connectivity index (χ4v) is 1.42. The number of para-hydroxylation sites is 1. The second kappa shape index (κ2) is 6.07. The fraction of sp³-hybridized carbons (Fsp3) is 0.250. The zero-order valence-electron chi connectivity index (χ0n) is 10.1. The van der Waals surface area contributed by atoms with Crippen molar-refractivity contribution in [3.63, 3.8) is 0 Å². The number of carbonyl (C=O) groups excluding carboxylic acids is 1. The summed E-state index contributed by atoms with van der Waals surface area (Å²) in [5, 5.41) is 28.2. The maximum absolute atomic E-state index is 11.7. The Morgan fingerprint density at radius 2 is 2.11 bits per heavy atom. The molecule has 1 heterocycles. The summed E-state index contributed by atoms with van der Waals surface area (Å²) in [4.78, 5) is 13.0. The summed E-state index contributed by atoms with van der Waals surface area (Å²) in [6.45, 7) is -0.440. The molecule has 0 bridgehead atoms. The Labute approximate surface area is 109 Å². The normalized spacial score (nSPS) is 12.1. The SMILES string of the molecule is O=C(NCC(O)CO)c1cnn(-c2ccccc2)n1. The Hall–Kier alpha value is -2.25. The second-order valence-corrected chi connectivity index (χ2v) is 3.90. The van der Waals surface area contributed by atoms with Gasteiger partial charge < -0.3 is 15.5 Å². The van der Waals surface area contributed by atoms with E-state index in [1.54, 1.807) is 0 Å². The van der Waals surface area contributed by atoms with E-state index in [9.17, 15) is 4.79 Å². The minimum absolute atomic E-state index is 0.0342. The first kappa shape index (κ1) is 13.2. The molecule has 2 aromatic rings. The van der Waals surface area contributed by atoms with Crippen molar-refractivity contribution in [3.05, 3.63) is 42.2 Å². The Kier molecular flexibility index (Phi) is 4.22. The van der Waals surface area contributed by atoms with Gasteiger partial charge in [0.1, 0.15) is 0 Å². The molecule has 0 fully saturated rings. The average molecular weight is 262 g/mol. The highest BCUT2D eigenvalue weighted by Crippen LogP contribution is 2.04. The van der Waals surface area contributed by atoms with Crippen molar-refractivity contribution in [2.45, 2.75) is 6.10 Å². The predicted molar refractivity (Wildman–Crippen MR) is 66.8 cm³/mol. The lowest BCUT2D eigenvalue weighted by molar-refractivity contribution is 0.0798. The summed E-state index contributed by atoms with van der Waals surface area (Å²) in [5.74, 6) is -0.449. The number of hydrogen-bond donors (Lipinski definition) is 3. The Morgan fingerprint density at radius 3 is 2.79 bits per heavy atom. The third-order valence-electron chi connectivity index (χ3n) is 2.42. The summed E-state index contributed by atoms with van der Waals surface area (Å²) in [7, 11) is 0. The van der Waals surface area contributed by atoms with E-state index in [-0.39, 0.29) is 12.2 Å². The van der Waals surface area contributed by atoms with E-state index in [1.807, 2.05) is 30.3 Å². The van der Waals surface area contributed by atoms with Crippen molar-refractivity contribution in [2.24, 2.45) is 0 Å². The van der Waals surface area contributed by atoms with Crippen molar-refractivity contribution in [2.75, 3.05) is 13.2 Å². The lowest BCUT2D eigenvalue weighted by Crippen LogP contribution is -2.34. The van der Waals surface area contributed by atoms with Gasteiger partial charge in [0, 0.05) is 6.54 Å². The van der Waals surface area contributed by atoms with Gasteiger partial charge in [-0.3, -0.25) is 4.79 Å². The molecule has 1 aromatic heterocycles. The van der Waals surface area contributed by atoms with Crippen LogP contribution in [0.3, 0.4) is 0 Å². The van der Waals surface area contributed by atoms with Crippen molar-refractivity contribution in [1.82, 2.24) is 20.3 Å². The largest absolute Gasteiger partial charge is 0.394 e. The average Bonchev–Trinajstić information content (AvgIpc) is 2.95. The van der Waals surface area contributed by atoms with Crippen LogP contribution in [0, 0.1) is 0 Å². The molecule has 0 aliphatic rings. The third-order valence-corrected chi connectivity index (χ3v) is 2.42. The molecule has 1 aromatic carbocycles. The maximum Gasteiger partial charge on any atom is 0.273 e. The molecule has 0 aliphatic carbocycles. The quantitative estimate of drug-likeness (QED) is 0.665. The molecule has 1 amide bonds. The Morgan fingerprint density at radius 1 is 1.37 bits per heavy atom. The monoisotopic (exact) mass is 262 g/mol. The lowest BCUT2D eigenvalue weighted by Gasteiger charge is -2.06. The highest BCUT2D eigenvalue weighted by atomic mass is 16.3.